The zero-order valence-corrected chi connectivity index (χ0v) is 11.7. The second kappa shape index (κ2) is 7.75. The molecular weight excluding hydrogens is 274 g/mol. The van der Waals surface area contributed by atoms with Gasteiger partial charge in [-0.15, -0.1) is 0 Å². The van der Waals surface area contributed by atoms with E-state index in [9.17, 15) is 9.59 Å². The van der Waals surface area contributed by atoms with E-state index in [-0.39, 0.29) is 25.2 Å². The van der Waals surface area contributed by atoms with E-state index in [0.717, 1.165) is 19.4 Å². The van der Waals surface area contributed by atoms with E-state index in [1.54, 1.807) is 24.3 Å². The van der Waals surface area contributed by atoms with Gasteiger partial charge < -0.3 is 19.9 Å². The minimum Gasteiger partial charge on any atom is -0.452 e. The molecule has 1 aromatic carbocycles. The summed E-state index contributed by atoms with van der Waals surface area (Å²) in [6.45, 7) is 0.787. The summed E-state index contributed by atoms with van der Waals surface area (Å²) in [5, 5.41) is 11.6. The number of benzene rings is 1. The van der Waals surface area contributed by atoms with Gasteiger partial charge >= 0.3 is 5.97 Å². The molecule has 1 aliphatic heterocycles. The second-order valence-electron chi connectivity index (χ2n) is 4.87. The average molecular weight is 293 g/mol. The van der Waals surface area contributed by atoms with E-state index in [1.807, 2.05) is 0 Å². The highest BCUT2D eigenvalue weighted by atomic mass is 16.5. The van der Waals surface area contributed by atoms with Crippen molar-refractivity contribution in [3.05, 3.63) is 35.4 Å². The molecule has 0 saturated carbocycles. The topological polar surface area (TPSA) is 84.9 Å². The monoisotopic (exact) mass is 293 g/mol. The second-order valence-corrected chi connectivity index (χ2v) is 4.87. The van der Waals surface area contributed by atoms with E-state index in [2.05, 4.69) is 5.32 Å². The highest BCUT2D eigenvalue weighted by Gasteiger charge is 2.16. The molecule has 1 atom stereocenters. The van der Waals surface area contributed by atoms with Gasteiger partial charge in [0.1, 0.15) is 0 Å². The van der Waals surface area contributed by atoms with E-state index in [1.165, 1.54) is 0 Å². The minimum absolute atomic E-state index is 0.0654. The standard InChI is InChI=1S/C15H19NO5/c17-9-11-3-5-12(6-4-11)15(19)21-10-14(18)16-8-13-2-1-7-20-13/h3-6,13,17H,1-2,7-10H2,(H,16,18)/t13-/m0/s1. The maximum absolute atomic E-state index is 11.7. The lowest BCUT2D eigenvalue weighted by Crippen LogP contribution is -2.34. The van der Waals surface area contributed by atoms with Gasteiger partial charge in [-0.2, -0.15) is 0 Å². The van der Waals surface area contributed by atoms with Crippen LogP contribution in [0.3, 0.4) is 0 Å². The summed E-state index contributed by atoms with van der Waals surface area (Å²) in [6, 6.07) is 6.37. The number of aliphatic hydroxyl groups is 1. The Morgan fingerprint density at radius 3 is 2.71 bits per heavy atom. The first kappa shape index (κ1) is 15.5. The lowest BCUT2D eigenvalue weighted by Gasteiger charge is -2.11. The molecule has 0 aliphatic carbocycles. The van der Waals surface area contributed by atoms with Gasteiger partial charge in [0.2, 0.25) is 0 Å². The van der Waals surface area contributed by atoms with Crippen LogP contribution in [0.1, 0.15) is 28.8 Å². The van der Waals surface area contributed by atoms with E-state index >= 15 is 0 Å². The SMILES string of the molecule is O=C(COC(=O)c1ccc(CO)cc1)NC[C@@H]1CCCO1. The van der Waals surface area contributed by atoms with Gasteiger partial charge in [-0.1, -0.05) is 12.1 Å². The fourth-order valence-corrected chi connectivity index (χ4v) is 2.04. The first-order chi connectivity index (χ1) is 10.2. The fourth-order valence-electron chi connectivity index (χ4n) is 2.04. The number of ether oxygens (including phenoxy) is 2. The summed E-state index contributed by atoms with van der Waals surface area (Å²) in [6.07, 6.45) is 2.02. The number of hydrogen-bond acceptors (Lipinski definition) is 5. The molecule has 0 radical (unpaired) electrons. The molecule has 1 aromatic rings. The van der Waals surface area contributed by atoms with Gasteiger partial charge in [0, 0.05) is 13.2 Å². The van der Waals surface area contributed by atoms with Crippen LogP contribution >= 0.6 is 0 Å². The molecule has 2 N–H and O–H groups in total. The molecule has 1 aliphatic rings. The van der Waals surface area contributed by atoms with Crippen molar-refractivity contribution in [1.82, 2.24) is 5.32 Å². The predicted octanol–water partition coefficient (Wildman–Crippen LogP) is 0.631. The van der Waals surface area contributed by atoms with Crippen LogP contribution < -0.4 is 5.32 Å². The number of aliphatic hydroxyl groups excluding tert-OH is 1. The number of amides is 1. The van der Waals surface area contributed by atoms with Gasteiger partial charge in [-0.05, 0) is 30.5 Å². The molecule has 0 bridgehead atoms. The Hall–Kier alpha value is -1.92. The molecule has 0 unspecified atom stereocenters. The van der Waals surface area contributed by atoms with Gasteiger partial charge in [-0.25, -0.2) is 4.79 Å². The number of rotatable bonds is 6. The minimum atomic E-state index is -0.563. The molecule has 1 fully saturated rings. The third-order valence-corrected chi connectivity index (χ3v) is 3.26. The third kappa shape index (κ3) is 4.84. The molecular formula is C15H19NO5. The number of esters is 1. The normalized spacial score (nSPS) is 17.5. The van der Waals surface area contributed by atoms with Crippen LogP contribution in [0.5, 0.6) is 0 Å². The Morgan fingerprint density at radius 2 is 2.10 bits per heavy atom. The average Bonchev–Trinajstić information content (AvgIpc) is 3.04. The Morgan fingerprint density at radius 1 is 1.33 bits per heavy atom. The summed E-state index contributed by atoms with van der Waals surface area (Å²) >= 11 is 0. The predicted molar refractivity (Wildman–Crippen MR) is 74.6 cm³/mol. The highest BCUT2D eigenvalue weighted by molar-refractivity contribution is 5.91. The summed E-state index contributed by atoms with van der Waals surface area (Å²) in [5.41, 5.74) is 1.06. The number of nitrogens with one attached hydrogen (secondary N) is 1. The first-order valence-corrected chi connectivity index (χ1v) is 6.94. The molecule has 1 amide bonds. The molecule has 6 nitrogen and oxygen atoms in total. The zero-order chi connectivity index (χ0) is 15.1. The lowest BCUT2D eigenvalue weighted by molar-refractivity contribution is -0.124. The third-order valence-electron chi connectivity index (χ3n) is 3.26. The van der Waals surface area contributed by atoms with Gasteiger partial charge in [0.25, 0.3) is 5.91 Å². The van der Waals surface area contributed by atoms with Crippen molar-refractivity contribution in [1.29, 1.82) is 0 Å². The van der Waals surface area contributed by atoms with Crippen LogP contribution in [0.2, 0.25) is 0 Å². The van der Waals surface area contributed by atoms with Crippen molar-refractivity contribution >= 4 is 11.9 Å². The van der Waals surface area contributed by atoms with Crippen LogP contribution in [0.15, 0.2) is 24.3 Å². The summed E-state index contributed by atoms with van der Waals surface area (Å²) in [5.74, 6) is -0.905. The quantitative estimate of drug-likeness (QED) is 0.752. The largest absolute Gasteiger partial charge is 0.452 e. The molecule has 0 aromatic heterocycles. The van der Waals surface area contributed by atoms with Crippen LogP contribution in [0, 0.1) is 0 Å². The number of hydrogen-bond donors (Lipinski definition) is 2. The molecule has 6 heteroatoms. The van der Waals surface area contributed by atoms with Crippen LogP contribution in [0.4, 0.5) is 0 Å². The van der Waals surface area contributed by atoms with E-state index in [4.69, 9.17) is 14.6 Å². The summed E-state index contributed by atoms with van der Waals surface area (Å²) in [7, 11) is 0. The van der Waals surface area contributed by atoms with E-state index in [0.29, 0.717) is 17.7 Å². The van der Waals surface area contributed by atoms with Gasteiger partial charge in [0.05, 0.1) is 18.3 Å². The smallest absolute Gasteiger partial charge is 0.338 e. The Labute approximate surface area is 123 Å². The van der Waals surface area contributed by atoms with Crippen molar-refractivity contribution in [3.63, 3.8) is 0 Å². The summed E-state index contributed by atoms with van der Waals surface area (Å²) in [4.78, 5) is 23.3. The molecule has 114 valence electrons. The lowest BCUT2D eigenvalue weighted by atomic mass is 10.1. The fraction of sp³-hybridized carbons (Fsp3) is 0.467. The zero-order valence-electron chi connectivity index (χ0n) is 11.7. The van der Waals surface area contributed by atoms with Crippen LogP contribution in [-0.4, -0.2) is 42.8 Å². The molecule has 1 heterocycles. The van der Waals surface area contributed by atoms with Crippen molar-refractivity contribution in [2.45, 2.75) is 25.6 Å². The maximum Gasteiger partial charge on any atom is 0.338 e. The molecule has 1 saturated heterocycles. The van der Waals surface area contributed by atoms with Crippen molar-refractivity contribution in [2.24, 2.45) is 0 Å². The number of carbonyl (C=O) groups is 2. The Balaban J connectivity index is 1.70. The van der Waals surface area contributed by atoms with E-state index < -0.39 is 5.97 Å². The van der Waals surface area contributed by atoms with Crippen LogP contribution in [0.25, 0.3) is 0 Å². The number of carbonyl (C=O) groups excluding carboxylic acids is 2. The summed E-state index contributed by atoms with van der Waals surface area (Å²) < 4.78 is 10.3. The van der Waals surface area contributed by atoms with Gasteiger partial charge in [-0.3, -0.25) is 4.79 Å². The first-order valence-electron chi connectivity index (χ1n) is 6.94. The van der Waals surface area contributed by atoms with Gasteiger partial charge in [0.15, 0.2) is 6.61 Å². The molecule has 21 heavy (non-hydrogen) atoms. The van der Waals surface area contributed by atoms with Crippen LogP contribution in [-0.2, 0) is 20.9 Å². The Kier molecular flexibility index (Phi) is 5.71. The van der Waals surface area contributed by atoms with Crippen molar-refractivity contribution < 1.29 is 24.2 Å². The molecule has 0 spiro atoms. The highest BCUT2D eigenvalue weighted by Crippen LogP contribution is 2.10. The van der Waals surface area contributed by atoms with Crippen molar-refractivity contribution in [2.75, 3.05) is 19.8 Å². The maximum atomic E-state index is 11.7. The Bertz CT molecular complexity index is 479. The van der Waals surface area contributed by atoms with Crippen molar-refractivity contribution in [3.8, 4) is 0 Å². The molecule has 2 rings (SSSR count).